The molecule has 6 nitrogen and oxygen atoms in total. The Balaban J connectivity index is 1.40. The molecule has 1 amide bonds. The molecule has 1 aromatic heterocycles. The number of hydrogen-bond acceptors (Lipinski definition) is 4. The first-order valence-electron chi connectivity index (χ1n) is 9.54. The van der Waals surface area contributed by atoms with Gasteiger partial charge < -0.3 is 19.9 Å². The van der Waals surface area contributed by atoms with Gasteiger partial charge in [-0.1, -0.05) is 0 Å². The Labute approximate surface area is 153 Å². The van der Waals surface area contributed by atoms with Gasteiger partial charge in [0.05, 0.1) is 24.5 Å². The maximum absolute atomic E-state index is 12.6. The third-order valence-electron chi connectivity index (χ3n) is 5.65. The maximum atomic E-state index is 12.6. The van der Waals surface area contributed by atoms with Crippen molar-refractivity contribution in [3.05, 3.63) is 48.5 Å². The van der Waals surface area contributed by atoms with E-state index in [0.717, 1.165) is 32.4 Å². The predicted molar refractivity (Wildman–Crippen MR) is 100 cm³/mol. The number of carbonyl (C=O) groups is 1. The van der Waals surface area contributed by atoms with E-state index in [1.54, 1.807) is 12.5 Å². The van der Waals surface area contributed by atoms with E-state index in [2.05, 4.69) is 15.2 Å². The highest BCUT2D eigenvalue weighted by atomic mass is 16.3. The van der Waals surface area contributed by atoms with Gasteiger partial charge >= 0.3 is 0 Å². The van der Waals surface area contributed by atoms with E-state index in [9.17, 15) is 9.90 Å². The topological polar surface area (TPSA) is 70.4 Å². The van der Waals surface area contributed by atoms with Crippen molar-refractivity contribution in [1.29, 1.82) is 0 Å². The van der Waals surface area contributed by atoms with E-state index < -0.39 is 6.10 Å². The fraction of sp³-hybridized carbons (Fsp3) is 0.500. The number of nitrogens with one attached hydrogen (secondary N) is 1. The van der Waals surface area contributed by atoms with Crippen molar-refractivity contribution in [2.75, 3.05) is 18.0 Å². The summed E-state index contributed by atoms with van der Waals surface area (Å²) >= 11 is 0. The molecular formula is C20H26N4O2. The van der Waals surface area contributed by atoms with Crippen LogP contribution in [0.4, 0.5) is 5.69 Å². The van der Waals surface area contributed by atoms with Crippen molar-refractivity contribution in [2.45, 2.75) is 50.3 Å². The fourth-order valence-corrected chi connectivity index (χ4v) is 4.16. The fourth-order valence-electron chi connectivity index (χ4n) is 4.16. The number of imidazole rings is 1. The standard InChI is InChI=1S/C20H26N4O2/c25-19-17(4-3-5-18(19)24-13-10-21-14-24)22-20(26)15-6-8-16(9-7-15)23-11-1-2-12-23/h6-10,13-14,17-19,25H,1-5,11-12H2,(H,22,26)/t17-,18-,19-/m1/s1. The van der Waals surface area contributed by atoms with Crippen LogP contribution in [0.1, 0.15) is 48.5 Å². The Bertz CT molecular complexity index is 723. The minimum Gasteiger partial charge on any atom is -0.389 e. The number of benzene rings is 1. The zero-order valence-electron chi connectivity index (χ0n) is 14.9. The largest absolute Gasteiger partial charge is 0.389 e. The Morgan fingerprint density at radius 2 is 1.88 bits per heavy atom. The molecule has 0 spiro atoms. The molecule has 2 heterocycles. The monoisotopic (exact) mass is 354 g/mol. The van der Waals surface area contributed by atoms with Crippen molar-refractivity contribution in [3.63, 3.8) is 0 Å². The highest BCUT2D eigenvalue weighted by molar-refractivity contribution is 5.94. The molecule has 0 radical (unpaired) electrons. The molecule has 1 aliphatic carbocycles. The summed E-state index contributed by atoms with van der Waals surface area (Å²) < 4.78 is 1.94. The summed E-state index contributed by atoms with van der Waals surface area (Å²) in [5.74, 6) is -0.117. The SMILES string of the molecule is O=C(N[C@@H]1CCC[C@@H](n2ccnc2)[C@@H]1O)c1ccc(N2CCCC2)cc1. The number of carbonyl (C=O) groups excluding carboxylic acids is 1. The Hall–Kier alpha value is -2.34. The number of hydrogen-bond donors (Lipinski definition) is 2. The number of rotatable bonds is 4. The zero-order valence-corrected chi connectivity index (χ0v) is 14.9. The van der Waals surface area contributed by atoms with Crippen LogP contribution in [0.2, 0.25) is 0 Å². The summed E-state index contributed by atoms with van der Waals surface area (Å²) in [5, 5.41) is 13.7. The second-order valence-electron chi connectivity index (χ2n) is 7.32. The lowest BCUT2D eigenvalue weighted by molar-refractivity contribution is 0.0399. The van der Waals surface area contributed by atoms with E-state index in [-0.39, 0.29) is 18.0 Å². The Morgan fingerprint density at radius 1 is 1.12 bits per heavy atom. The van der Waals surface area contributed by atoms with Crippen molar-refractivity contribution in [2.24, 2.45) is 0 Å². The quantitative estimate of drug-likeness (QED) is 0.884. The highest BCUT2D eigenvalue weighted by Crippen LogP contribution is 2.29. The molecule has 2 aromatic rings. The molecule has 1 saturated heterocycles. The second-order valence-corrected chi connectivity index (χ2v) is 7.32. The predicted octanol–water partition coefficient (Wildman–Crippen LogP) is 2.37. The number of anilines is 1. The lowest BCUT2D eigenvalue weighted by atomic mass is 9.87. The molecule has 2 aliphatic rings. The van der Waals surface area contributed by atoms with Crippen molar-refractivity contribution < 1.29 is 9.90 Å². The molecule has 3 atom stereocenters. The summed E-state index contributed by atoms with van der Waals surface area (Å²) in [7, 11) is 0. The first-order chi connectivity index (χ1) is 12.7. The molecule has 26 heavy (non-hydrogen) atoms. The summed E-state index contributed by atoms with van der Waals surface area (Å²) in [6.07, 6.45) is 9.85. The molecule has 0 unspecified atom stereocenters. The van der Waals surface area contributed by atoms with Gasteiger partial charge in [0.2, 0.25) is 0 Å². The van der Waals surface area contributed by atoms with Crippen LogP contribution < -0.4 is 10.2 Å². The Kier molecular flexibility index (Phi) is 4.93. The van der Waals surface area contributed by atoms with Crippen LogP contribution >= 0.6 is 0 Å². The van der Waals surface area contributed by atoms with Gasteiger partial charge in [-0.2, -0.15) is 0 Å². The molecule has 0 bridgehead atoms. The summed E-state index contributed by atoms with van der Waals surface area (Å²) in [6.45, 7) is 2.19. The molecule has 1 aliphatic heterocycles. The first kappa shape index (κ1) is 17.1. The van der Waals surface area contributed by atoms with Gasteiger partial charge in [0.15, 0.2) is 0 Å². The molecule has 2 fully saturated rings. The lowest BCUT2D eigenvalue weighted by Gasteiger charge is -2.35. The van der Waals surface area contributed by atoms with Gasteiger partial charge in [0, 0.05) is 36.7 Å². The Morgan fingerprint density at radius 3 is 2.58 bits per heavy atom. The molecule has 1 saturated carbocycles. The van der Waals surface area contributed by atoms with E-state index in [4.69, 9.17) is 0 Å². The van der Waals surface area contributed by atoms with Crippen LogP contribution in [0.25, 0.3) is 0 Å². The number of nitrogens with zero attached hydrogens (tertiary/aromatic N) is 3. The normalized spacial score (nSPS) is 26.0. The second kappa shape index (κ2) is 7.50. The van der Waals surface area contributed by atoms with Crippen molar-refractivity contribution in [1.82, 2.24) is 14.9 Å². The molecule has 1 aromatic carbocycles. The summed E-state index contributed by atoms with van der Waals surface area (Å²) in [5.41, 5.74) is 1.82. The number of aliphatic hydroxyl groups is 1. The third-order valence-corrected chi connectivity index (χ3v) is 5.65. The molecular weight excluding hydrogens is 328 g/mol. The molecule has 6 heteroatoms. The van der Waals surface area contributed by atoms with Gasteiger partial charge in [0.1, 0.15) is 0 Å². The number of aromatic nitrogens is 2. The summed E-state index contributed by atoms with van der Waals surface area (Å²) in [4.78, 5) is 19.0. The zero-order chi connectivity index (χ0) is 17.9. The smallest absolute Gasteiger partial charge is 0.251 e. The van der Waals surface area contributed by atoms with Gasteiger partial charge in [-0.15, -0.1) is 0 Å². The van der Waals surface area contributed by atoms with Crippen LogP contribution in [0, 0.1) is 0 Å². The first-order valence-corrected chi connectivity index (χ1v) is 9.54. The molecule has 4 rings (SSSR count). The minimum absolute atomic E-state index is 0.0332. The third kappa shape index (κ3) is 3.46. The van der Waals surface area contributed by atoms with E-state index in [1.807, 2.05) is 35.0 Å². The van der Waals surface area contributed by atoms with Crippen LogP contribution in [-0.2, 0) is 0 Å². The van der Waals surface area contributed by atoms with Gasteiger partial charge in [-0.25, -0.2) is 4.98 Å². The van der Waals surface area contributed by atoms with Crippen molar-refractivity contribution in [3.8, 4) is 0 Å². The van der Waals surface area contributed by atoms with E-state index in [1.165, 1.54) is 18.5 Å². The maximum Gasteiger partial charge on any atom is 0.251 e. The summed E-state index contributed by atoms with van der Waals surface area (Å²) in [6, 6.07) is 7.53. The van der Waals surface area contributed by atoms with E-state index >= 15 is 0 Å². The average Bonchev–Trinajstić information content (AvgIpc) is 3.37. The van der Waals surface area contributed by atoms with Gasteiger partial charge in [-0.3, -0.25) is 4.79 Å². The van der Waals surface area contributed by atoms with Crippen LogP contribution in [0.5, 0.6) is 0 Å². The highest BCUT2D eigenvalue weighted by Gasteiger charge is 2.33. The van der Waals surface area contributed by atoms with Crippen molar-refractivity contribution >= 4 is 11.6 Å². The molecule has 138 valence electrons. The number of amides is 1. The molecule has 2 N–H and O–H groups in total. The lowest BCUT2D eigenvalue weighted by Crippen LogP contribution is -2.49. The van der Waals surface area contributed by atoms with Crippen LogP contribution in [-0.4, -0.2) is 45.8 Å². The minimum atomic E-state index is -0.606. The average molecular weight is 354 g/mol. The van der Waals surface area contributed by atoms with Gasteiger partial charge in [-0.05, 0) is 56.4 Å². The van der Waals surface area contributed by atoms with E-state index in [0.29, 0.717) is 5.56 Å². The number of aliphatic hydroxyl groups excluding tert-OH is 1. The van der Waals surface area contributed by atoms with Crippen LogP contribution in [0.3, 0.4) is 0 Å². The van der Waals surface area contributed by atoms with Crippen LogP contribution in [0.15, 0.2) is 43.0 Å². The van der Waals surface area contributed by atoms with Gasteiger partial charge in [0.25, 0.3) is 5.91 Å².